The Kier molecular flexibility index (Phi) is 3.23. The van der Waals surface area contributed by atoms with E-state index in [0.717, 1.165) is 0 Å². The van der Waals surface area contributed by atoms with Gasteiger partial charge in [0.1, 0.15) is 0 Å². The topological polar surface area (TPSA) is 66.6 Å². The number of imide groups is 1. The average Bonchev–Trinajstić information content (AvgIpc) is 2.31. The summed E-state index contributed by atoms with van der Waals surface area (Å²) in [7, 11) is 0. The van der Waals surface area contributed by atoms with Crippen LogP contribution in [0.1, 0.15) is 20.3 Å². The highest BCUT2D eigenvalue weighted by Crippen LogP contribution is 2.24. The van der Waals surface area contributed by atoms with Crippen LogP contribution in [0, 0.1) is 0 Å². The fraction of sp³-hybridized carbons (Fsp3) is 0.385. The molecule has 1 atom stereocenters. The van der Waals surface area contributed by atoms with E-state index in [1.165, 1.54) is 4.90 Å². The molecule has 0 aliphatic carbocycles. The van der Waals surface area contributed by atoms with E-state index < -0.39 is 0 Å². The van der Waals surface area contributed by atoms with E-state index in [0.29, 0.717) is 24.3 Å². The molecule has 1 aromatic rings. The zero-order valence-corrected chi connectivity index (χ0v) is 10.6. The summed E-state index contributed by atoms with van der Waals surface area (Å²) < 4.78 is 0. The summed E-state index contributed by atoms with van der Waals surface area (Å²) in [6.07, 6.45) is 0.351. The van der Waals surface area contributed by atoms with Crippen LogP contribution in [-0.4, -0.2) is 29.4 Å². The largest absolute Gasteiger partial charge is 0.399 e. The Morgan fingerprint density at radius 2 is 1.89 bits per heavy atom. The first-order chi connectivity index (χ1) is 8.54. The second kappa shape index (κ2) is 4.68. The first-order valence-electron chi connectivity index (χ1n) is 6.03. The molecule has 1 fully saturated rings. The van der Waals surface area contributed by atoms with Crippen LogP contribution in [0.5, 0.6) is 0 Å². The van der Waals surface area contributed by atoms with Crippen molar-refractivity contribution in [2.45, 2.75) is 26.3 Å². The normalized spacial score (nSPS) is 20.4. The number of amides is 3. The minimum atomic E-state index is -0.258. The highest BCUT2D eigenvalue weighted by atomic mass is 16.2. The molecule has 0 aromatic heterocycles. The molecule has 0 radical (unpaired) electrons. The summed E-state index contributed by atoms with van der Waals surface area (Å²) >= 11 is 0. The third-order valence-electron chi connectivity index (χ3n) is 3.18. The van der Waals surface area contributed by atoms with Crippen molar-refractivity contribution in [1.82, 2.24) is 4.90 Å². The minimum absolute atomic E-state index is 0.0416. The second-order valence-electron chi connectivity index (χ2n) is 4.44. The molecule has 18 heavy (non-hydrogen) atoms. The summed E-state index contributed by atoms with van der Waals surface area (Å²) in [5.41, 5.74) is 6.78. The van der Waals surface area contributed by atoms with Crippen molar-refractivity contribution in [3.63, 3.8) is 0 Å². The van der Waals surface area contributed by atoms with Crippen LogP contribution in [-0.2, 0) is 4.79 Å². The molecular formula is C13H17N3O2. The van der Waals surface area contributed by atoms with Crippen molar-refractivity contribution in [3.8, 4) is 0 Å². The number of nitrogen functional groups attached to an aromatic ring is 1. The molecule has 0 spiro atoms. The standard InChI is InChI=1S/C13H17N3O2/c1-3-15-9(2)8-12(17)16(13(15)18)11-6-4-10(14)5-7-11/h4-7,9H,3,8,14H2,1-2H3. The predicted molar refractivity (Wildman–Crippen MR) is 70.2 cm³/mol. The van der Waals surface area contributed by atoms with E-state index in [1.54, 1.807) is 29.2 Å². The Balaban J connectivity index is 2.33. The lowest BCUT2D eigenvalue weighted by molar-refractivity contribution is -0.120. The summed E-state index contributed by atoms with van der Waals surface area (Å²) in [5.74, 6) is -0.165. The molecule has 5 nitrogen and oxygen atoms in total. The number of hydrogen-bond donors (Lipinski definition) is 1. The predicted octanol–water partition coefficient (Wildman–Crippen LogP) is 1.84. The summed E-state index contributed by atoms with van der Waals surface area (Å²) in [6, 6.07) is 6.45. The van der Waals surface area contributed by atoms with Crippen molar-refractivity contribution >= 4 is 23.3 Å². The quantitative estimate of drug-likeness (QED) is 0.811. The molecule has 1 heterocycles. The van der Waals surface area contributed by atoms with E-state index in [-0.39, 0.29) is 18.0 Å². The number of benzene rings is 1. The van der Waals surface area contributed by atoms with Gasteiger partial charge in [-0.1, -0.05) is 0 Å². The van der Waals surface area contributed by atoms with Crippen LogP contribution in [0.15, 0.2) is 24.3 Å². The van der Waals surface area contributed by atoms with Gasteiger partial charge in [0.25, 0.3) is 0 Å². The molecule has 1 aliphatic heterocycles. The van der Waals surface area contributed by atoms with Crippen LogP contribution in [0.4, 0.5) is 16.2 Å². The third kappa shape index (κ3) is 2.03. The molecule has 0 bridgehead atoms. The Morgan fingerprint density at radius 3 is 2.44 bits per heavy atom. The van der Waals surface area contributed by atoms with E-state index >= 15 is 0 Å². The summed E-state index contributed by atoms with van der Waals surface area (Å²) in [6.45, 7) is 4.39. The molecule has 1 saturated heterocycles. The highest BCUT2D eigenvalue weighted by molar-refractivity contribution is 6.16. The van der Waals surface area contributed by atoms with Crippen LogP contribution in [0.25, 0.3) is 0 Å². The number of carbonyl (C=O) groups is 2. The molecule has 2 N–H and O–H groups in total. The van der Waals surface area contributed by atoms with Crippen molar-refractivity contribution < 1.29 is 9.59 Å². The van der Waals surface area contributed by atoms with E-state index in [1.807, 2.05) is 13.8 Å². The van der Waals surface area contributed by atoms with Crippen LogP contribution < -0.4 is 10.6 Å². The van der Waals surface area contributed by atoms with Gasteiger partial charge in [0.15, 0.2) is 0 Å². The lowest BCUT2D eigenvalue weighted by Gasteiger charge is -2.38. The fourth-order valence-electron chi connectivity index (χ4n) is 2.20. The minimum Gasteiger partial charge on any atom is -0.399 e. The molecule has 96 valence electrons. The molecule has 1 aromatic carbocycles. The molecule has 1 aliphatic rings. The lowest BCUT2D eigenvalue weighted by atomic mass is 10.1. The molecule has 0 saturated carbocycles. The van der Waals surface area contributed by atoms with Crippen LogP contribution >= 0.6 is 0 Å². The van der Waals surface area contributed by atoms with Crippen molar-refractivity contribution in [1.29, 1.82) is 0 Å². The number of urea groups is 1. The maximum Gasteiger partial charge on any atom is 0.331 e. The van der Waals surface area contributed by atoms with Gasteiger partial charge in [0.05, 0.1) is 5.69 Å². The summed E-state index contributed by atoms with van der Waals surface area (Å²) in [4.78, 5) is 27.2. The van der Waals surface area contributed by atoms with Gasteiger partial charge in [-0.15, -0.1) is 0 Å². The third-order valence-corrected chi connectivity index (χ3v) is 3.18. The average molecular weight is 247 g/mol. The maximum absolute atomic E-state index is 12.3. The lowest BCUT2D eigenvalue weighted by Crippen LogP contribution is -2.56. The molecule has 2 rings (SSSR count). The van der Waals surface area contributed by atoms with Gasteiger partial charge in [0.2, 0.25) is 5.91 Å². The van der Waals surface area contributed by atoms with Crippen LogP contribution in [0.3, 0.4) is 0 Å². The zero-order chi connectivity index (χ0) is 13.3. The van der Waals surface area contributed by atoms with Gasteiger partial charge < -0.3 is 10.6 Å². The van der Waals surface area contributed by atoms with Crippen molar-refractivity contribution in [2.75, 3.05) is 17.2 Å². The molecule has 1 unspecified atom stereocenters. The Labute approximate surface area is 106 Å². The van der Waals surface area contributed by atoms with Gasteiger partial charge in [-0.25, -0.2) is 9.69 Å². The van der Waals surface area contributed by atoms with Gasteiger partial charge in [0, 0.05) is 24.7 Å². The van der Waals surface area contributed by atoms with Crippen molar-refractivity contribution in [3.05, 3.63) is 24.3 Å². The van der Waals surface area contributed by atoms with E-state index in [2.05, 4.69) is 0 Å². The number of carbonyl (C=O) groups excluding carboxylic acids is 2. The molecule has 3 amide bonds. The Morgan fingerprint density at radius 1 is 1.28 bits per heavy atom. The summed E-state index contributed by atoms with van der Waals surface area (Å²) in [5, 5.41) is 0. The number of nitrogens with zero attached hydrogens (tertiary/aromatic N) is 2. The number of nitrogens with two attached hydrogens (primary N) is 1. The van der Waals surface area contributed by atoms with Crippen LogP contribution in [0.2, 0.25) is 0 Å². The fourth-order valence-corrected chi connectivity index (χ4v) is 2.20. The first-order valence-corrected chi connectivity index (χ1v) is 6.03. The molecular weight excluding hydrogens is 230 g/mol. The number of hydrogen-bond acceptors (Lipinski definition) is 3. The maximum atomic E-state index is 12.3. The van der Waals surface area contributed by atoms with E-state index in [9.17, 15) is 9.59 Å². The highest BCUT2D eigenvalue weighted by Gasteiger charge is 2.36. The molecule has 5 heteroatoms. The monoisotopic (exact) mass is 247 g/mol. The Hall–Kier alpha value is -2.04. The zero-order valence-electron chi connectivity index (χ0n) is 10.6. The number of rotatable bonds is 2. The van der Waals surface area contributed by atoms with Gasteiger partial charge in [-0.3, -0.25) is 4.79 Å². The van der Waals surface area contributed by atoms with Gasteiger partial charge in [-0.05, 0) is 38.1 Å². The smallest absolute Gasteiger partial charge is 0.331 e. The SMILES string of the molecule is CCN1C(=O)N(c2ccc(N)cc2)C(=O)CC1C. The Bertz CT molecular complexity index is 470. The second-order valence-corrected chi connectivity index (χ2v) is 4.44. The van der Waals surface area contributed by atoms with E-state index in [4.69, 9.17) is 5.73 Å². The van der Waals surface area contributed by atoms with Gasteiger partial charge in [-0.2, -0.15) is 0 Å². The number of anilines is 2. The van der Waals surface area contributed by atoms with Crippen molar-refractivity contribution in [2.24, 2.45) is 0 Å². The van der Waals surface area contributed by atoms with Gasteiger partial charge >= 0.3 is 6.03 Å². The first kappa shape index (κ1) is 12.4.